The molecule has 4 nitrogen and oxygen atoms in total. The van der Waals surface area contributed by atoms with E-state index in [1.807, 2.05) is 0 Å². The number of carbonyl (C=O) groups is 1. The summed E-state index contributed by atoms with van der Waals surface area (Å²) in [6.07, 6.45) is 0.837. The third-order valence-corrected chi connectivity index (χ3v) is 3.86. The normalized spacial score (nSPS) is 19.8. The first-order chi connectivity index (χ1) is 8.91. The van der Waals surface area contributed by atoms with Gasteiger partial charge in [-0.3, -0.25) is 4.79 Å². The van der Waals surface area contributed by atoms with Gasteiger partial charge in [-0.2, -0.15) is 0 Å². The minimum Gasteiger partial charge on any atom is -0.392 e. The van der Waals surface area contributed by atoms with E-state index in [1.165, 1.54) is 0 Å². The molecule has 1 aliphatic heterocycles. The summed E-state index contributed by atoms with van der Waals surface area (Å²) in [6, 6.07) is 7.00. The smallest absolute Gasteiger partial charge is 0.253 e. The molecule has 2 N–H and O–H groups in total. The van der Waals surface area contributed by atoms with Crippen molar-refractivity contribution in [2.75, 3.05) is 13.1 Å². The Bertz CT molecular complexity index is 447. The molecular formula is C15H21NO3. The first kappa shape index (κ1) is 14.0. The third kappa shape index (κ3) is 3.14. The maximum atomic E-state index is 12.3. The van der Waals surface area contributed by atoms with Crippen LogP contribution in [0.5, 0.6) is 0 Å². The topological polar surface area (TPSA) is 60.8 Å². The Hall–Kier alpha value is -1.39. The molecule has 1 saturated heterocycles. The lowest BCUT2D eigenvalue weighted by molar-refractivity contribution is 0.0211. The summed E-state index contributed by atoms with van der Waals surface area (Å²) in [4.78, 5) is 14.1. The van der Waals surface area contributed by atoms with Crippen LogP contribution >= 0.6 is 0 Å². The molecule has 19 heavy (non-hydrogen) atoms. The van der Waals surface area contributed by atoms with Crippen molar-refractivity contribution in [3.05, 3.63) is 35.4 Å². The number of carbonyl (C=O) groups excluding carboxylic acids is 1. The predicted octanol–water partition coefficient (Wildman–Crippen LogP) is 1.41. The fourth-order valence-electron chi connectivity index (χ4n) is 2.46. The van der Waals surface area contributed by atoms with E-state index in [0.29, 0.717) is 18.7 Å². The quantitative estimate of drug-likeness (QED) is 0.867. The molecule has 0 aliphatic carbocycles. The van der Waals surface area contributed by atoms with Crippen molar-refractivity contribution in [3.8, 4) is 0 Å². The Labute approximate surface area is 113 Å². The van der Waals surface area contributed by atoms with Crippen molar-refractivity contribution in [1.82, 2.24) is 4.90 Å². The molecule has 1 aromatic rings. The summed E-state index contributed by atoms with van der Waals surface area (Å²) >= 11 is 0. The molecule has 0 aromatic heterocycles. The number of hydrogen-bond acceptors (Lipinski definition) is 3. The predicted molar refractivity (Wildman–Crippen MR) is 72.7 cm³/mol. The lowest BCUT2D eigenvalue weighted by atomic mass is 9.90. The summed E-state index contributed by atoms with van der Waals surface area (Å²) < 4.78 is 0. The zero-order valence-electron chi connectivity index (χ0n) is 11.5. The molecule has 1 heterocycles. The number of aliphatic hydroxyl groups excluding tert-OH is 1. The molecule has 1 aliphatic rings. The molecule has 1 amide bonds. The van der Waals surface area contributed by atoms with Crippen LogP contribution in [0.3, 0.4) is 0 Å². The average Bonchev–Trinajstić information content (AvgIpc) is 2.87. The second-order valence-corrected chi connectivity index (χ2v) is 5.75. The van der Waals surface area contributed by atoms with E-state index in [9.17, 15) is 9.90 Å². The zero-order chi connectivity index (χ0) is 14.0. The van der Waals surface area contributed by atoms with Gasteiger partial charge in [0.2, 0.25) is 0 Å². The van der Waals surface area contributed by atoms with Crippen molar-refractivity contribution in [3.63, 3.8) is 0 Å². The van der Waals surface area contributed by atoms with Crippen LogP contribution in [0, 0.1) is 5.92 Å². The second kappa shape index (κ2) is 5.31. The van der Waals surface area contributed by atoms with E-state index < -0.39 is 5.60 Å². The van der Waals surface area contributed by atoms with Gasteiger partial charge in [-0.15, -0.1) is 0 Å². The van der Waals surface area contributed by atoms with Gasteiger partial charge >= 0.3 is 0 Å². The van der Waals surface area contributed by atoms with Crippen molar-refractivity contribution >= 4 is 5.91 Å². The van der Waals surface area contributed by atoms with Crippen molar-refractivity contribution in [1.29, 1.82) is 0 Å². The molecule has 0 spiro atoms. The highest BCUT2D eigenvalue weighted by atomic mass is 16.3. The number of likely N-dealkylation sites (tertiary alicyclic amines) is 1. The van der Waals surface area contributed by atoms with E-state index >= 15 is 0 Å². The molecule has 0 bridgehead atoms. The fourth-order valence-corrected chi connectivity index (χ4v) is 2.46. The van der Waals surface area contributed by atoms with Crippen LogP contribution in [0.25, 0.3) is 0 Å². The summed E-state index contributed by atoms with van der Waals surface area (Å²) in [5, 5.41) is 19.0. The van der Waals surface area contributed by atoms with Crippen molar-refractivity contribution in [2.45, 2.75) is 32.5 Å². The van der Waals surface area contributed by atoms with Crippen LogP contribution in [-0.4, -0.2) is 39.7 Å². The number of amides is 1. The van der Waals surface area contributed by atoms with Gasteiger partial charge in [0.05, 0.1) is 12.2 Å². The summed E-state index contributed by atoms with van der Waals surface area (Å²) in [6.45, 7) is 4.86. The third-order valence-electron chi connectivity index (χ3n) is 3.86. The van der Waals surface area contributed by atoms with Gasteiger partial charge in [0, 0.05) is 24.6 Å². The molecule has 0 saturated carbocycles. The average molecular weight is 263 g/mol. The van der Waals surface area contributed by atoms with Crippen LogP contribution in [0.4, 0.5) is 0 Å². The molecule has 1 atom stereocenters. The molecule has 1 fully saturated rings. The number of rotatable bonds is 3. The summed E-state index contributed by atoms with van der Waals surface area (Å²) in [7, 11) is 0. The van der Waals surface area contributed by atoms with Gasteiger partial charge in [-0.05, 0) is 38.0 Å². The monoisotopic (exact) mass is 263 g/mol. The van der Waals surface area contributed by atoms with Gasteiger partial charge in [-0.1, -0.05) is 12.1 Å². The van der Waals surface area contributed by atoms with Gasteiger partial charge < -0.3 is 15.1 Å². The standard InChI is InChI=1S/C15H21NO3/c1-15(2,19)13-7-8-16(9-13)14(18)12-5-3-11(10-17)4-6-12/h3-6,13,17,19H,7-10H2,1-2H3. The van der Waals surface area contributed by atoms with Crippen LogP contribution in [-0.2, 0) is 6.61 Å². The van der Waals surface area contributed by atoms with Gasteiger partial charge in [0.25, 0.3) is 5.91 Å². The maximum Gasteiger partial charge on any atom is 0.253 e. The number of benzene rings is 1. The molecule has 104 valence electrons. The Morgan fingerprint density at radius 1 is 1.37 bits per heavy atom. The van der Waals surface area contributed by atoms with E-state index in [-0.39, 0.29) is 18.4 Å². The minimum absolute atomic E-state index is 0.00348. The molecule has 0 radical (unpaired) electrons. The van der Waals surface area contributed by atoms with E-state index in [0.717, 1.165) is 12.0 Å². The lowest BCUT2D eigenvalue weighted by Crippen LogP contribution is -2.35. The molecular weight excluding hydrogens is 242 g/mol. The highest BCUT2D eigenvalue weighted by Crippen LogP contribution is 2.27. The minimum atomic E-state index is -0.740. The molecule has 1 aromatic carbocycles. The second-order valence-electron chi connectivity index (χ2n) is 5.75. The fraction of sp³-hybridized carbons (Fsp3) is 0.533. The maximum absolute atomic E-state index is 12.3. The first-order valence-corrected chi connectivity index (χ1v) is 6.63. The first-order valence-electron chi connectivity index (χ1n) is 6.63. The Morgan fingerprint density at radius 3 is 2.47 bits per heavy atom. The van der Waals surface area contributed by atoms with Crippen LogP contribution in [0.15, 0.2) is 24.3 Å². The summed E-state index contributed by atoms with van der Waals surface area (Å²) in [5.41, 5.74) is 0.691. The highest BCUT2D eigenvalue weighted by Gasteiger charge is 2.35. The van der Waals surface area contributed by atoms with Gasteiger partial charge in [0.15, 0.2) is 0 Å². The van der Waals surface area contributed by atoms with E-state index in [1.54, 1.807) is 43.0 Å². The van der Waals surface area contributed by atoms with Crippen molar-refractivity contribution < 1.29 is 15.0 Å². The largest absolute Gasteiger partial charge is 0.392 e. The highest BCUT2D eigenvalue weighted by molar-refractivity contribution is 5.94. The number of hydrogen-bond donors (Lipinski definition) is 2. The van der Waals surface area contributed by atoms with Crippen LogP contribution < -0.4 is 0 Å². The molecule has 4 heteroatoms. The Kier molecular flexibility index (Phi) is 3.92. The number of nitrogens with zero attached hydrogens (tertiary/aromatic N) is 1. The zero-order valence-corrected chi connectivity index (χ0v) is 11.5. The van der Waals surface area contributed by atoms with E-state index in [2.05, 4.69) is 0 Å². The Balaban J connectivity index is 2.04. The van der Waals surface area contributed by atoms with Gasteiger partial charge in [-0.25, -0.2) is 0 Å². The Morgan fingerprint density at radius 2 is 2.00 bits per heavy atom. The van der Waals surface area contributed by atoms with E-state index in [4.69, 9.17) is 5.11 Å². The van der Waals surface area contributed by atoms with Crippen LogP contribution in [0.2, 0.25) is 0 Å². The molecule has 2 rings (SSSR count). The summed E-state index contributed by atoms with van der Waals surface area (Å²) in [5.74, 6) is 0.129. The van der Waals surface area contributed by atoms with Crippen LogP contribution in [0.1, 0.15) is 36.2 Å². The van der Waals surface area contributed by atoms with Gasteiger partial charge in [0.1, 0.15) is 0 Å². The number of aliphatic hydroxyl groups is 2. The molecule has 1 unspecified atom stereocenters. The SMILES string of the molecule is CC(C)(O)C1CCN(C(=O)c2ccc(CO)cc2)C1. The lowest BCUT2D eigenvalue weighted by Gasteiger charge is -2.25. The van der Waals surface area contributed by atoms with Crippen molar-refractivity contribution in [2.24, 2.45) is 5.92 Å².